The topological polar surface area (TPSA) is 86.8 Å². The number of aryl methyl sites for hydroxylation is 1. The summed E-state index contributed by atoms with van der Waals surface area (Å²) in [6.07, 6.45) is 0.666. The molecule has 0 saturated heterocycles. The van der Waals surface area contributed by atoms with E-state index in [2.05, 4.69) is 73.3 Å². The first kappa shape index (κ1) is 18.8. The summed E-state index contributed by atoms with van der Waals surface area (Å²) in [6.45, 7) is 8.19. The number of benzene rings is 1. The maximum absolute atomic E-state index is 12.4. The molecule has 1 aromatic carbocycles. The van der Waals surface area contributed by atoms with Gasteiger partial charge in [0, 0.05) is 28.8 Å². The Morgan fingerprint density at radius 1 is 1.42 bits per heavy atom. The number of aromatic amines is 1. The van der Waals surface area contributed by atoms with Crippen LogP contribution in [0, 0.1) is 16.4 Å². The fraction of sp³-hybridized carbons (Fsp3) is 0.500. The zero-order valence-corrected chi connectivity index (χ0v) is 16.4. The largest absolute Gasteiger partial charge is 0.325 e. The van der Waals surface area contributed by atoms with E-state index in [1.54, 1.807) is 0 Å². The van der Waals surface area contributed by atoms with Crippen LogP contribution in [0.4, 0.5) is 5.69 Å². The Morgan fingerprint density at radius 3 is 2.83 bits per heavy atom. The molecule has 1 aromatic heterocycles. The van der Waals surface area contributed by atoms with Crippen LogP contribution in [0.5, 0.6) is 0 Å². The Morgan fingerprint density at radius 2 is 2.21 bits per heavy atom. The number of amides is 1. The Labute approximate surface area is 155 Å². The molecule has 1 amide bonds. The van der Waals surface area contributed by atoms with Crippen molar-refractivity contribution in [2.24, 2.45) is 5.92 Å². The van der Waals surface area contributed by atoms with Gasteiger partial charge >= 0.3 is 0 Å². The second kappa shape index (κ2) is 9.07. The minimum atomic E-state index is -0.00642. The highest BCUT2D eigenvalue weighted by Crippen LogP contribution is 2.17. The van der Waals surface area contributed by atoms with E-state index in [0.29, 0.717) is 24.7 Å². The van der Waals surface area contributed by atoms with Crippen molar-refractivity contribution in [1.29, 1.82) is 0 Å². The summed E-state index contributed by atoms with van der Waals surface area (Å²) in [5.41, 5.74) is 1.93. The van der Waals surface area contributed by atoms with Gasteiger partial charge in [0.1, 0.15) is 0 Å². The molecular formula is C16H23IN6O. The van der Waals surface area contributed by atoms with Crippen LogP contribution >= 0.6 is 22.6 Å². The second-order valence-electron chi connectivity index (χ2n) is 6.21. The molecule has 24 heavy (non-hydrogen) atoms. The van der Waals surface area contributed by atoms with Gasteiger partial charge in [-0.2, -0.15) is 5.21 Å². The Hall–Kier alpha value is -1.55. The van der Waals surface area contributed by atoms with Crippen LogP contribution in [0.1, 0.15) is 25.2 Å². The van der Waals surface area contributed by atoms with E-state index in [0.717, 1.165) is 27.9 Å². The second-order valence-corrected chi connectivity index (χ2v) is 7.46. The van der Waals surface area contributed by atoms with Gasteiger partial charge in [-0.05, 0) is 59.2 Å². The molecule has 0 spiro atoms. The molecule has 0 radical (unpaired) electrons. The highest BCUT2D eigenvalue weighted by molar-refractivity contribution is 14.1. The summed E-state index contributed by atoms with van der Waals surface area (Å²) in [5.74, 6) is 1.13. The molecule has 0 aliphatic rings. The predicted octanol–water partition coefficient (Wildman–Crippen LogP) is 2.25. The van der Waals surface area contributed by atoms with Crippen LogP contribution < -0.4 is 5.32 Å². The lowest BCUT2D eigenvalue weighted by Gasteiger charge is -2.23. The maximum Gasteiger partial charge on any atom is 0.238 e. The Balaban J connectivity index is 1.92. The molecule has 2 rings (SSSR count). The molecule has 0 bridgehead atoms. The van der Waals surface area contributed by atoms with E-state index >= 15 is 0 Å². The summed E-state index contributed by atoms with van der Waals surface area (Å²) >= 11 is 2.26. The van der Waals surface area contributed by atoms with Crippen molar-refractivity contribution in [1.82, 2.24) is 25.5 Å². The molecule has 1 heterocycles. The molecule has 2 N–H and O–H groups in total. The number of carbonyl (C=O) groups is 1. The molecule has 0 saturated carbocycles. The van der Waals surface area contributed by atoms with Crippen LogP contribution in [0.2, 0.25) is 0 Å². The fourth-order valence-electron chi connectivity index (χ4n) is 2.46. The molecule has 2 aromatic rings. The number of nitrogens with one attached hydrogen (secondary N) is 2. The number of hydrogen-bond acceptors (Lipinski definition) is 5. The smallest absolute Gasteiger partial charge is 0.238 e. The summed E-state index contributed by atoms with van der Waals surface area (Å²) in [7, 11) is 0. The standard InChI is InChI=1S/C16H23IN6O/c1-11(2)9-23(7-6-15-19-21-22-20-15)10-16(24)18-14-5-4-13(17)8-12(14)3/h4-5,8,11H,6-7,9-10H2,1-3H3,(H,18,24)(H,19,20,21,22). The molecule has 130 valence electrons. The van der Waals surface area contributed by atoms with Gasteiger partial charge < -0.3 is 5.32 Å². The van der Waals surface area contributed by atoms with Crippen molar-refractivity contribution in [3.63, 3.8) is 0 Å². The number of H-pyrrole nitrogens is 1. The third-order valence-corrected chi connectivity index (χ3v) is 4.16. The number of aromatic nitrogens is 4. The first-order chi connectivity index (χ1) is 11.4. The highest BCUT2D eigenvalue weighted by atomic mass is 127. The van der Waals surface area contributed by atoms with Gasteiger partial charge in [0.25, 0.3) is 0 Å². The molecule has 0 aliphatic carbocycles. The SMILES string of the molecule is Cc1cc(I)ccc1NC(=O)CN(CCc1nn[nH]n1)CC(C)C. The van der Waals surface area contributed by atoms with Gasteiger partial charge in [0.2, 0.25) is 5.91 Å². The Kier molecular flexibility index (Phi) is 7.10. The van der Waals surface area contributed by atoms with Gasteiger partial charge in [0.05, 0.1) is 6.54 Å². The van der Waals surface area contributed by atoms with Gasteiger partial charge in [0.15, 0.2) is 5.82 Å². The first-order valence-corrected chi connectivity index (χ1v) is 9.02. The van der Waals surface area contributed by atoms with Crippen molar-refractivity contribution < 1.29 is 4.79 Å². The predicted molar refractivity (Wildman–Crippen MR) is 102 cm³/mol. The molecule has 7 nitrogen and oxygen atoms in total. The molecule has 8 heteroatoms. The quantitative estimate of drug-likeness (QED) is 0.613. The molecule has 0 fully saturated rings. The van der Waals surface area contributed by atoms with Crippen molar-refractivity contribution in [3.05, 3.63) is 33.2 Å². The lowest BCUT2D eigenvalue weighted by molar-refractivity contribution is -0.117. The number of tetrazole rings is 1. The van der Waals surface area contributed by atoms with Crippen molar-refractivity contribution in [2.45, 2.75) is 27.2 Å². The van der Waals surface area contributed by atoms with Crippen LogP contribution in [0.3, 0.4) is 0 Å². The lowest BCUT2D eigenvalue weighted by Crippen LogP contribution is -2.37. The van der Waals surface area contributed by atoms with Crippen LogP contribution in [-0.4, -0.2) is 51.1 Å². The number of nitrogens with zero attached hydrogens (tertiary/aromatic N) is 4. The summed E-state index contributed by atoms with van der Waals surface area (Å²) in [4.78, 5) is 14.5. The van der Waals surface area contributed by atoms with Gasteiger partial charge in [-0.15, -0.1) is 10.2 Å². The van der Waals surface area contributed by atoms with E-state index < -0.39 is 0 Å². The van der Waals surface area contributed by atoms with Gasteiger partial charge in [-0.25, -0.2) is 0 Å². The zero-order chi connectivity index (χ0) is 17.5. The van der Waals surface area contributed by atoms with Crippen molar-refractivity contribution >= 4 is 34.2 Å². The van der Waals surface area contributed by atoms with Crippen LogP contribution in [0.15, 0.2) is 18.2 Å². The zero-order valence-electron chi connectivity index (χ0n) is 14.2. The number of rotatable bonds is 8. The maximum atomic E-state index is 12.4. The third-order valence-electron chi connectivity index (χ3n) is 3.49. The summed E-state index contributed by atoms with van der Waals surface area (Å²) in [6, 6.07) is 5.99. The Bertz CT molecular complexity index is 659. The normalized spacial score (nSPS) is 11.2. The fourth-order valence-corrected chi connectivity index (χ4v) is 3.10. The van der Waals surface area contributed by atoms with E-state index in [1.165, 1.54) is 0 Å². The number of carbonyl (C=O) groups excluding carboxylic acids is 1. The van der Waals surface area contributed by atoms with E-state index in [1.807, 2.05) is 19.1 Å². The van der Waals surface area contributed by atoms with E-state index in [4.69, 9.17) is 0 Å². The summed E-state index contributed by atoms with van der Waals surface area (Å²) in [5, 5.41) is 16.9. The van der Waals surface area contributed by atoms with Crippen LogP contribution in [0.25, 0.3) is 0 Å². The van der Waals surface area contributed by atoms with E-state index in [-0.39, 0.29) is 5.91 Å². The molecule has 0 unspecified atom stereocenters. The monoisotopic (exact) mass is 442 g/mol. The number of hydrogen-bond donors (Lipinski definition) is 2. The minimum absolute atomic E-state index is 0.00642. The molecule has 0 aliphatic heterocycles. The third kappa shape index (κ3) is 6.16. The van der Waals surface area contributed by atoms with Crippen LogP contribution in [-0.2, 0) is 11.2 Å². The van der Waals surface area contributed by atoms with Gasteiger partial charge in [-0.3, -0.25) is 9.69 Å². The average molecular weight is 442 g/mol. The first-order valence-electron chi connectivity index (χ1n) is 7.94. The number of anilines is 1. The van der Waals surface area contributed by atoms with Crippen molar-refractivity contribution in [2.75, 3.05) is 25.0 Å². The highest BCUT2D eigenvalue weighted by Gasteiger charge is 2.14. The molecule has 0 atom stereocenters. The van der Waals surface area contributed by atoms with Gasteiger partial charge in [-0.1, -0.05) is 19.1 Å². The number of halogens is 1. The molecular weight excluding hydrogens is 419 g/mol. The van der Waals surface area contributed by atoms with Crippen molar-refractivity contribution in [3.8, 4) is 0 Å². The lowest BCUT2D eigenvalue weighted by atomic mass is 10.2. The van der Waals surface area contributed by atoms with E-state index in [9.17, 15) is 4.79 Å². The minimum Gasteiger partial charge on any atom is -0.325 e. The average Bonchev–Trinajstić information content (AvgIpc) is 3.00. The summed E-state index contributed by atoms with van der Waals surface area (Å²) < 4.78 is 1.16.